The Hall–Kier alpha value is -1.44. The third kappa shape index (κ3) is 4.80. The van der Waals surface area contributed by atoms with Gasteiger partial charge in [0.1, 0.15) is 23.0 Å². The molecular weight excluding hydrogens is 272 g/mol. The highest BCUT2D eigenvalue weighted by Gasteiger charge is 2.28. The van der Waals surface area contributed by atoms with Gasteiger partial charge in [-0.05, 0) is 6.42 Å². The van der Waals surface area contributed by atoms with Gasteiger partial charge in [-0.2, -0.15) is 0 Å². The summed E-state index contributed by atoms with van der Waals surface area (Å²) >= 11 is 0. The molecule has 0 amide bonds. The Morgan fingerprint density at radius 1 is 1.10 bits per heavy atom. The smallest absolute Gasteiger partial charge is 0.135 e. The van der Waals surface area contributed by atoms with Gasteiger partial charge in [-0.15, -0.1) is 0 Å². The van der Waals surface area contributed by atoms with Crippen molar-refractivity contribution in [3.63, 3.8) is 0 Å². The van der Waals surface area contributed by atoms with Gasteiger partial charge in [0, 0.05) is 18.5 Å². The molecule has 7 heteroatoms. The molecule has 1 aromatic rings. The summed E-state index contributed by atoms with van der Waals surface area (Å²) in [6.07, 6.45) is 0.970. The van der Waals surface area contributed by atoms with Crippen molar-refractivity contribution in [2.75, 3.05) is 37.0 Å². The Balaban J connectivity index is 3.06. The number of nitrogens with zero attached hydrogens (tertiary/aromatic N) is 2. The summed E-state index contributed by atoms with van der Waals surface area (Å²) < 4.78 is 0. The molecule has 0 saturated heterocycles. The second-order valence-electron chi connectivity index (χ2n) is 5.46. The number of aromatic nitrogens is 2. The van der Waals surface area contributed by atoms with Crippen LogP contribution in [-0.4, -0.2) is 57.2 Å². The summed E-state index contributed by atoms with van der Waals surface area (Å²) in [5.74, 6) is 1.94. The number of nitrogens with one attached hydrogen (secondary N) is 2. The van der Waals surface area contributed by atoms with E-state index < -0.39 is 25.4 Å². The van der Waals surface area contributed by atoms with E-state index in [0.29, 0.717) is 17.5 Å². The Morgan fingerprint density at radius 2 is 1.67 bits per heavy atom. The van der Waals surface area contributed by atoms with Crippen molar-refractivity contribution in [2.45, 2.75) is 38.6 Å². The molecule has 0 atom stereocenters. The van der Waals surface area contributed by atoms with Crippen molar-refractivity contribution in [3.05, 3.63) is 11.9 Å². The van der Waals surface area contributed by atoms with E-state index in [9.17, 15) is 15.3 Å². The maximum atomic E-state index is 9.39. The van der Waals surface area contributed by atoms with E-state index in [0.717, 1.165) is 13.0 Å². The first-order chi connectivity index (χ1) is 10.00. The zero-order valence-electron chi connectivity index (χ0n) is 12.9. The lowest BCUT2D eigenvalue weighted by atomic mass is 10.0. The summed E-state index contributed by atoms with van der Waals surface area (Å²) in [5.41, 5.74) is -1.20. The molecule has 1 rings (SSSR count). The largest absolute Gasteiger partial charge is 0.394 e. The number of hydrogen-bond acceptors (Lipinski definition) is 7. The fourth-order valence-electron chi connectivity index (χ4n) is 1.67. The van der Waals surface area contributed by atoms with E-state index in [1.54, 1.807) is 6.07 Å². The summed E-state index contributed by atoms with van der Waals surface area (Å²) in [5, 5.41) is 34.3. The molecule has 0 aliphatic carbocycles. The van der Waals surface area contributed by atoms with E-state index in [4.69, 9.17) is 0 Å². The van der Waals surface area contributed by atoms with Crippen LogP contribution in [0.2, 0.25) is 0 Å². The molecular formula is C14H26N4O3. The van der Waals surface area contributed by atoms with Gasteiger partial charge in [-0.25, -0.2) is 9.97 Å². The Morgan fingerprint density at radius 3 is 2.14 bits per heavy atom. The molecule has 1 aromatic heterocycles. The highest BCUT2D eigenvalue weighted by atomic mass is 16.3. The summed E-state index contributed by atoms with van der Waals surface area (Å²) in [6, 6.07) is 1.71. The molecule has 21 heavy (non-hydrogen) atoms. The zero-order valence-corrected chi connectivity index (χ0v) is 12.9. The highest BCUT2D eigenvalue weighted by Crippen LogP contribution is 2.20. The van der Waals surface area contributed by atoms with Crippen LogP contribution in [0.3, 0.4) is 0 Å². The second kappa shape index (κ2) is 8.11. The second-order valence-corrected chi connectivity index (χ2v) is 5.46. The van der Waals surface area contributed by atoms with Crippen molar-refractivity contribution in [1.29, 1.82) is 0 Å². The van der Waals surface area contributed by atoms with E-state index in [1.165, 1.54) is 0 Å². The fourth-order valence-corrected chi connectivity index (χ4v) is 1.67. The Kier molecular flexibility index (Phi) is 6.80. The molecule has 0 spiro atoms. The van der Waals surface area contributed by atoms with Crippen LogP contribution in [-0.2, 0) is 0 Å². The number of aliphatic hydroxyl groups excluding tert-OH is 3. The van der Waals surface area contributed by atoms with Crippen molar-refractivity contribution in [1.82, 2.24) is 9.97 Å². The molecule has 1 heterocycles. The topological polar surface area (TPSA) is 111 Å². The van der Waals surface area contributed by atoms with Gasteiger partial charge in [-0.1, -0.05) is 20.8 Å². The van der Waals surface area contributed by atoms with Crippen LogP contribution < -0.4 is 10.6 Å². The van der Waals surface area contributed by atoms with Crippen molar-refractivity contribution in [2.24, 2.45) is 0 Å². The number of rotatable bonds is 9. The molecule has 5 N–H and O–H groups in total. The number of anilines is 2. The van der Waals surface area contributed by atoms with Gasteiger partial charge in [0.15, 0.2) is 0 Å². The molecule has 0 bridgehead atoms. The minimum Gasteiger partial charge on any atom is -0.394 e. The van der Waals surface area contributed by atoms with Gasteiger partial charge in [0.25, 0.3) is 0 Å². The number of hydrogen-bond donors (Lipinski definition) is 5. The molecule has 0 radical (unpaired) electrons. The first-order valence-electron chi connectivity index (χ1n) is 7.24. The standard InChI is InChI=1S/C14H26N4O3/c1-4-5-15-11-6-12(17-13(16-11)10(2)3)18-14(7-19,8-20)9-21/h6,10,19-21H,4-5,7-9H2,1-3H3,(H2,15,16,17,18). The lowest BCUT2D eigenvalue weighted by molar-refractivity contribution is 0.0831. The summed E-state index contributed by atoms with van der Waals surface area (Å²) in [7, 11) is 0. The normalized spacial score (nSPS) is 11.8. The molecule has 0 aliphatic heterocycles. The van der Waals surface area contributed by atoms with Crippen LogP contribution in [0.25, 0.3) is 0 Å². The lowest BCUT2D eigenvalue weighted by Crippen LogP contribution is -2.49. The maximum Gasteiger partial charge on any atom is 0.135 e. The first kappa shape index (κ1) is 17.6. The highest BCUT2D eigenvalue weighted by molar-refractivity contribution is 5.49. The molecule has 120 valence electrons. The zero-order chi connectivity index (χ0) is 15.9. The molecule has 0 unspecified atom stereocenters. The Bertz CT molecular complexity index is 428. The predicted molar refractivity (Wildman–Crippen MR) is 82.5 cm³/mol. The average molecular weight is 298 g/mol. The van der Waals surface area contributed by atoms with Crippen molar-refractivity contribution >= 4 is 11.6 Å². The van der Waals surface area contributed by atoms with E-state index in [-0.39, 0.29) is 5.92 Å². The van der Waals surface area contributed by atoms with Crippen LogP contribution in [0.5, 0.6) is 0 Å². The number of aliphatic hydroxyl groups is 3. The predicted octanol–water partition coefficient (Wildman–Crippen LogP) is 0.549. The van der Waals surface area contributed by atoms with Gasteiger partial charge >= 0.3 is 0 Å². The quantitative estimate of drug-likeness (QED) is 0.453. The van der Waals surface area contributed by atoms with Gasteiger partial charge in [-0.3, -0.25) is 0 Å². The molecule has 7 nitrogen and oxygen atoms in total. The monoisotopic (exact) mass is 298 g/mol. The molecule has 0 aromatic carbocycles. The van der Waals surface area contributed by atoms with E-state index in [2.05, 4.69) is 27.5 Å². The van der Waals surface area contributed by atoms with Gasteiger partial charge in [0.05, 0.1) is 19.8 Å². The van der Waals surface area contributed by atoms with Crippen molar-refractivity contribution in [3.8, 4) is 0 Å². The molecule has 0 aliphatic rings. The van der Waals surface area contributed by atoms with Crippen LogP contribution in [0.15, 0.2) is 6.07 Å². The average Bonchev–Trinajstić information content (AvgIpc) is 2.50. The van der Waals surface area contributed by atoms with E-state index in [1.807, 2.05) is 13.8 Å². The Labute approximate surface area is 125 Å². The van der Waals surface area contributed by atoms with Crippen LogP contribution >= 0.6 is 0 Å². The summed E-state index contributed by atoms with van der Waals surface area (Å²) in [6.45, 7) is 5.61. The fraction of sp³-hybridized carbons (Fsp3) is 0.714. The maximum absolute atomic E-state index is 9.39. The summed E-state index contributed by atoms with van der Waals surface area (Å²) in [4.78, 5) is 8.80. The minimum absolute atomic E-state index is 0.140. The lowest BCUT2D eigenvalue weighted by Gasteiger charge is -2.29. The SMILES string of the molecule is CCCNc1cc(NC(CO)(CO)CO)nc(C(C)C)n1. The van der Waals surface area contributed by atoms with E-state index >= 15 is 0 Å². The van der Waals surface area contributed by atoms with Crippen LogP contribution in [0, 0.1) is 0 Å². The third-order valence-electron chi connectivity index (χ3n) is 3.12. The van der Waals surface area contributed by atoms with Gasteiger partial charge < -0.3 is 26.0 Å². The van der Waals surface area contributed by atoms with Crippen LogP contribution in [0.4, 0.5) is 11.6 Å². The molecule has 0 fully saturated rings. The third-order valence-corrected chi connectivity index (χ3v) is 3.12. The molecule has 0 saturated carbocycles. The first-order valence-corrected chi connectivity index (χ1v) is 7.24. The van der Waals surface area contributed by atoms with Crippen molar-refractivity contribution < 1.29 is 15.3 Å². The minimum atomic E-state index is -1.20. The van der Waals surface area contributed by atoms with Crippen LogP contribution in [0.1, 0.15) is 38.9 Å². The van der Waals surface area contributed by atoms with Gasteiger partial charge in [0.2, 0.25) is 0 Å².